The Morgan fingerprint density at radius 3 is 2.70 bits per heavy atom. The molecule has 0 amide bonds. The Labute approximate surface area is 205 Å². The van der Waals surface area contributed by atoms with Crippen LogP contribution in [-0.2, 0) is 6.54 Å². The summed E-state index contributed by atoms with van der Waals surface area (Å²) >= 11 is 3.87. The van der Waals surface area contributed by atoms with Crippen LogP contribution in [-0.4, -0.2) is 38.9 Å². The van der Waals surface area contributed by atoms with Gasteiger partial charge in [0.25, 0.3) is 0 Å². The second-order valence-electron chi connectivity index (χ2n) is 6.68. The molecule has 3 heterocycles. The van der Waals surface area contributed by atoms with Crippen LogP contribution in [0.25, 0.3) is 11.2 Å². The molecule has 1 aliphatic rings. The van der Waals surface area contributed by atoms with Crippen molar-refractivity contribution < 1.29 is 9.47 Å². The lowest BCUT2D eigenvalue weighted by atomic mass is 10.3. The van der Waals surface area contributed by atoms with Gasteiger partial charge >= 0.3 is 0 Å². The number of nitrogens with one attached hydrogen (secondary N) is 1. The van der Waals surface area contributed by atoms with Crippen molar-refractivity contribution in [1.82, 2.24) is 24.8 Å². The van der Waals surface area contributed by atoms with Crippen molar-refractivity contribution in [3.8, 4) is 11.5 Å². The molecule has 0 saturated carbocycles. The number of fused-ring (bicyclic) bond motifs is 2. The fourth-order valence-electron chi connectivity index (χ4n) is 2.92. The number of nitrogens with two attached hydrogens (primary N) is 1. The van der Waals surface area contributed by atoms with Gasteiger partial charge in [-0.3, -0.25) is 0 Å². The van der Waals surface area contributed by atoms with E-state index >= 15 is 0 Å². The number of halogens is 3. The number of nitrogen functional groups attached to an aromatic ring is 1. The van der Waals surface area contributed by atoms with Gasteiger partial charge in [0.15, 0.2) is 33.6 Å². The number of rotatable bonds is 7. The fraction of sp³-hybridized carbons (Fsp3) is 0.389. The molecule has 3 N–H and O–H groups in total. The van der Waals surface area contributed by atoms with Crippen LogP contribution >= 0.6 is 59.2 Å². The summed E-state index contributed by atoms with van der Waals surface area (Å²) in [6.07, 6.45) is 2.44. The number of anilines is 1. The van der Waals surface area contributed by atoms with Crippen LogP contribution in [0.4, 0.5) is 5.82 Å². The normalized spacial score (nSPS) is 12.1. The van der Waals surface area contributed by atoms with Crippen molar-refractivity contribution in [3.63, 3.8) is 0 Å². The van der Waals surface area contributed by atoms with E-state index in [1.807, 2.05) is 12.1 Å². The number of nitrogens with zero attached hydrogens (tertiary/aromatic N) is 4. The maximum atomic E-state index is 6.04. The van der Waals surface area contributed by atoms with Gasteiger partial charge in [-0.2, -0.15) is 0 Å². The molecule has 0 atom stereocenters. The van der Waals surface area contributed by atoms with E-state index in [0.29, 0.717) is 17.4 Å². The highest BCUT2D eigenvalue weighted by Gasteiger charge is 2.20. The first kappa shape index (κ1) is 25.1. The number of imidazole rings is 1. The minimum atomic E-state index is 0. The highest BCUT2D eigenvalue weighted by molar-refractivity contribution is 14.1. The highest BCUT2D eigenvalue weighted by Crippen LogP contribution is 2.41. The van der Waals surface area contributed by atoms with E-state index in [2.05, 4.69) is 56.3 Å². The van der Waals surface area contributed by atoms with Crippen LogP contribution < -0.4 is 20.5 Å². The smallest absolute Gasteiger partial charge is 0.231 e. The predicted octanol–water partition coefficient (Wildman–Crippen LogP) is 4.12. The molecule has 0 spiro atoms. The van der Waals surface area contributed by atoms with E-state index in [4.69, 9.17) is 20.2 Å². The summed E-state index contributed by atoms with van der Waals surface area (Å²) in [6.45, 7) is 6.25. The van der Waals surface area contributed by atoms with E-state index in [0.717, 1.165) is 50.3 Å². The van der Waals surface area contributed by atoms with Crippen LogP contribution in [0.1, 0.15) is 20.3 Å². The average Bonchev–Trinajstić information content (AvgIpc) is 3.24. The topological polar surface area (TPSA) is 100 Å². The number of aromatic nitrogens is 4. The van der Waals surface area contributed by atoms with Crippen LogP contribution in [0.2, 0.25) is 0 Å². The quantitative estimate of drug-likeness (QED) is 0.316. The van der Waals surface area contributed by atoms with E-state index in [1.165, 1.54) is 6.33 Å². The van der Waals surface area contributed by atoms with Crippen molar-refractivity contribution in [1.29, 1.82) is 0 Å². The van der Waals surface area contributed by atoms with Gasteiger partial charge in [0.05, 0.1) is 0 Å². The molecule has 30 heavy (non-hydrogen) atoms. The van der Waals surface area contributed by atoms with E-state index in [1.54, 1.807) is 11.8 Å². The summed E-state index contributed by atoms with van der Waals surface area (Å²) in [7, 11) is 0. The third-order valence-corrected chi connectivity index (χ3v) is 6.58. The third-order valence-electron chi connectivity index (χ3n) is 4.26. The first-order valence-corrected chi connectivity index (χ1v) is 10.9. The summed E-state index contributed by atoms with van der Waals surface area (Å²) < 4.78 is 14.2. The van der Waals surface area contributed by atoms with Crippen molar-refractivity contribution in [3.05, 3.63) is 22.0 Å². The van der Waals surface area contributed by atoms with E-state index in [9.17, 15) is 0 Å². The zero-order chi connectivity index (χ0) is 19.7. The zero-order valence-corrected chi connectivity index (χ0v) is 21.0. The zero-order valence-electron chi connectivity index (χ0n) is 16.4. The second-order valence-corrected chi connectivity index (χ2v) is 8.85. The van der Waals surface area contributed by atoms with Gasteiger partial charge in [0.2, 0.25) is 6.79 Å². The maximum Gasteiger partial charge on any atom is 0.231 e. The monoisotopic (exact) mass is 584 g/mol. The van der Waals surface area contributed by atoms with Crippen LogP contribution in [0.5, 0.6) is 11.5 Å². The van der Waals surface area contributed by atoms with Crippen molar-refractivity contribution >= 4 is 76.1 Å². The van der Waals surface area contributed by atoms with Crippen molar-refractivity contribution in [2.45, 2.75) is 42.9 Å². The summed E-state index contributed by atoms with van der Waals surface area (Å²) in [5, 5.41) is 4.28. The van der Waals surface area contributed by atoms with Gasteiger partial charge in [-0.05, 0) is 47.7 Å². The summed E-state index contributed by atoms with van der Waals surface area (Å²) in [4.78, 5) is 14.3. The molecule has 1 aromatic carbocycles. The Morgan fingerprint density at radius 2 is 1.97 bits per heavy atom. The molecule has 0 unspecified atom stereocenters. The molecule has 12 heteroatoms. The third kappa shape index (κ3) is 5.34. The molecule has 0 radical (unpaired) electrons. The van der Waals surface area contributed by atoms with Crippen molar-refractivity contribution in [2.24, 2.45) is 0 Å². The first-order chi connectivity index (χ1) is 13.5. The fourth-order valence-corrected chi connectivity index (χ4v) is 4.63. The second kappa shape index (κ2) is 10.9. The Bertz CT molecular complexity index is 1020. The minimum absolute atomic E-state index is 0. The SMILES string of the molecule is CC(C)NCCCn1c(Sc2cc3c(cc2I)OCO3)nc2c(N)ncnc21.Cl.Cl. The molecule has 4 rings (SSSR count). The number of hydrogen-bond donors (Lipinski definition) is 2. The Balaban J connectivity index is 0.00000160. The molecular formula is C18H23Cl2IN6O2S. The van der Waals surface area contributed by atoms with E-state index < -0.39 is 0 Å². The lowest BCUT2D eigenvalue weighted by Gasteiger charge is -2.11. The lowest BCUT2D eigenvalue weighted by Crippen LogP contribution is -2.24. The molecule has 8 nitrogen and oxygen atoms in total. The first-order valence-electron chi connectivity index (χ1n) is 9.00. The van der Waals surface area contributed by atoms with Gasteiger partial charge in [-0.1, -0.05) is 25.6 Å². The van der Waals surface area contributed by atoms with Gasteiger partial charge in [-0.25, -0.2) is 15.0 Å². The summed E-state index contributed by atoms with van der Waals surface area (Å²) in [5.74, 6) is 1.93. The standard InChI is InChI=1S/C18H21IN6O2S.2ClH/c1-10(2)21-4-3-5-25-17-15(16(20)22-8-23-17)24-18(25)28-14-7-13-12(6-11(14)19)26-9-27-13;;/h6-8,10,21H,3-5,9H2,1-2H3,(H2,20,22,23);2*1H. The number of hydrogen-bond acceptors (Lipinski definition) is 8. The molecule has 1 aliphatic heterocycles. The number of ether oxygens (including phenoxy) is 2. The van der Waals surface area contributed by atoms with Gasteiger partial charge < -0.3 is 25.1 Å². The number of aryl methyl sites for hydroxylation is 1. The van der Waals surface area contributed by atoms with Crippen LogP contribution in [0.15, 0.2) is 28.5 Å². The van der Waals surface area contributed by atoms with Gasteiger partial charge in [0, 0.05) is 21.1 Å². The molecule has 3 aromatic rings. The summed E-state index contributed by atoms with van der Waals surface area (Å²) in [6, 6.07) is 4.44. The highest BCUT2D eigenvalue weighted by atomic mass is 127. The Morgan fingerprint density at radius 1 is 1.23 bits per heavy atom. The average molecular weight is 585 g/mol. The summed E-state index contributed by atoms with van der Waals surface area (Å²) in [5.41, 5.74) is 7.44. The molecule has 0 fully saturated rings. The molecule has 0 saturated heterocycles. The van der Waals surface area contributed by atoms with Crippen molar-refractivity contribution in [2.75, 3.05) is 19.1 Å². The Hall–Kier alpha value is -1.21. The maximum absolute atomic E-state index is 6.04. The van der Waals surface area contributed by atoms with Gasteiger partial charge in [0.1, 0.15) is 6.33 Å². The van der Waals surface area contributed by atoms with E-state index in [-0.39, 0.29) is 31.6 Å². The van der Waals surface area contributed by atoms with Crippen LogP contribution in [0, 0.1) is 3.57 Å². The minimum Gasteiger partial charge on any atom is -0.454 e. The Kier molecular flexibility index (Phi) is 9.10. The predicted molar refractivity (Wildman–Crippen MR) is 131 cm³/mol. The van der Waals surface area contributed by atoms with Crippen LogP contribution in [0.3, 0.4) is 0 Å². The largest absolute Gasteiger partial charge is 0.454 e. The number of benzene rings is 1. The molecule has 0 aliphatic carbocycles. The lowest BCUT2D eigenvalue weighted by molar-refractivity contribution is 0.174. The molecular weight excluding hydrogens is 562 g/mol. The molecule has 164 valence electrons. The molecule has 2 aromatic heterocycles. The van der Waals surface area contributed by atoms with Gasteiger partial charge in [-0.15, -0.1) is 24.8 Å². The molecule has 0 bridgehead atoms.